The molecule has 1 aliphatic rings. The van der Waals surface area contributed by atoms with Crippen LogP contribution in [-0.4, -0.2) is 87.3 Å². The first-order valence-electron chi connectivity index (χ1n) is 16.6. The highest BCUT2D eigenvalue weighted by Gasteiger charge is 2.37. The molecule has 0 spiro atoms. The van der Waals surface area contributed by atoms with E-state index in [0.29, 0.717) is 17.8 Å². The number of nitrogens with two attached hydrogens (primary N) is 1. The second kappa shape index (κ2) is 16.7. The van der Waals surface area contributed by atoms with Crippen LogP contribution < -0.4 is 16.4 Å². The number of aliphatic hydroxyl groups excluding tert-OH is 1. The topological polar surface area (TPSA) is 167 Å². The van der Waals surface area contributed by atoms with Crippen LogP contribution in [-0.2, 0) is 30.5 Å². The molecule has 3 aromatic rings. The average Bonchev–Trinajstić information content (AvgIpc) is 3.64. The Bertz CT molecular complexity index is 1770. The highest BCUT2D eigenvalue weighted by atomic mass is 19.1. The second-order valence-electron chi connectivity index (χ2n) is 13.5. The van der Waals surface area contributed by atoms with E-state index in [2.05, 4.69) is 10.6 Å². The maximum atomic E-state index is 15.0. The van der Waals surface area contributed by atoms with Crippen molar-refractivity contribution < 1.29 is 37.9 Å². The second-order valence-corrected chi connectivity index (χ2v) is 13.5. The van der Waals surface area contributed by atoms with E-state index in [1.54, 1.807) is 12.3 Å². The molecule has 0 aliphatic carbocycles. The summed E-state index contributed by atoms with van der Waals surface area (Å²) in [5.41, 5.74) is 7.51. The van der Waals surface area contributed by atoms with Gasteiger partial charge in [-0.15, -0.1) is 0 Å². The number of aliphatic hydroxyl groups is 1. The van der Waals surface area contributed by atoms with Crippen molar-refractivity contribution in [3.05, 3.63) is 95.8 Å². The third-order valence-corrected chi connectivity index (χ3v) is 8.54. The smallest absolute Gasteiger partial charge is 0.253 e. The van der Waals surface area contributed by atoms with E-state index in [1.165, 1.54) is 11.8 Å². The molecule has 2 heterocycles. The first kappa shape index (κ1) is 38.6. The zero-order valence-corrected chi connectivity index (χ0v) is 29.1. The minimum Gasteiger partial charge on any atom is -0.387 e. The number of benzene rings is 2. The largest absolute Gasteiger partial charge is 0.387 e. The minimum atomic E-state index is -1.16. The Morgan fingerprint density at radius 2 is 1.65 bits per heavy atom. The number of hydrogen-bond acceptors (Lipinski definition) is 7. The summed E-state index contributed by atoms with van der Waals surface area (Å²) in [5.74, 6) is -4.04. The van der Waals surface area contributed by atoms with E-state index in [1.807, 2.05) is 55.7 Å². The number of carbonyl (C=O) groups is 5. The zero-order valence-electron chi connectivity index (χ0n) is 29.1. The summed E-state index contributed by atoms with van der Waals surface area (Å²) in [6, 6.07) is 11.5. The Balaban J connectivity index is 1.53. The van der Waals surface area contributed by atoms with Gasteiger partial charge in [0.25, 0.3) is 11.8 Å². The van der Waals surface area contributed by atoms with Crippen molar-refractivity contribution in [3.63, 3.8) is 0 Å². The number of nitrogens with one attached hydrogen (secondary N) is 2. The van der Waals surface area contributed by atoms with Gasteiger partial charge in [-0.25, -0.2) is 8.78 Å². The highest BCUT2D eigenvalue weighted by molar-refractivity contribution is 6.12. The predicted octanol–water partition coefficient (Wildman–Crippen LogP) is 2.65. The first-order valence-corrected chi connectivity index (χ1v) is 16.6. The van der Waals surface area contributed by atoms with Gasteiger partial charge in [0.2, 0.25) is 17.7 Å². The van der Waals surface area contributed by atoms with E-state index in [9.17, 15) is 37.9 Å². The molecule has 0 saturated carbocycles. The van der Waals surface area contributed by atoms with Crippen LogP contribution in [0.25, 0.3) is 11.1 Å². The Labute approximate surface area is 295 Å². The number of carbonyl (C=O) groups excluding carboxylic acids is 5. The van der Waals surface area contributed by atoms with Gasteiger partial charge >= 0.3 is 0 Å². The SMILES string of the molecule is C[C@@H](NC(=O)[C@@H](N)CCN(C(=O)CO)[C@@H](c1cc(-c2cc(F)ccc2F)cn1Cc1ccccc1)C(C)(C)C)C(=O)NCCN1C(=O)C=CC1=O. The van der Waals surface area contributed by atoms with Crippen LogP contribution in [0.1, 0.15) is 51.4 Å². The number of halogens is 2. The Hall–Kier alpha value is -5.21. The van der Waals surface area contributed by atoms with E-state index >= 15 is 0 Å². The third-order valence-electron chi connectivity index (χ3n) is 8.54. The van der Waals surface area contributed by atoms with Gasteiger partial charge < -0.3 is 30.9 Å². The van der Waals surface area contributed by atoms with E-state index in [4.69, 9.17) is 5.73 Å². The van der Waals surface area contributed by atoms with Crippen LogP contribution in [0.2, 0.25) is 0 Å². The molecule has 5 N–H and O–H groups in total. The average molecular weight is 707 g/mol. The monoisotopic (exact) mass is 706 g/mol. The number of imide groups is 1. The van der Waals surface area contributed by atoms with Gasteiger partial charge in [-0.2, -0.15) is 0 Å². The maximum Gasteiger partial charge on any atom is 0.253 e. The lowest BCUT2D eigenvalue weighted by Crippen LogP contribution is -2.52. The molecule has 1 aliphatic heterocycles. The van der Waals surface area contributed by atoms with Gasteiger partial charge in [0.15, 0.2) is 0 Å². The molecule has 0 radical (unpaired) electrons. The minimum absolute atomic E-state index is 0.0176. The standard InChI is InChI=1S/C37H44F2N6O6/c1-23(35(50)41-15-17-44-31(47)12-13-32(44)48)42-36(51)29(40)14-16-45(33(49)22-46)34(37(2,3)4)30-18-25(27-19-26(38)10-11-28(27)39)21-43(30)20-24-8-6-5-7-9-24/h5-13,18-19,21,23,29,34,46H,14-17,20,22,40H2,1-4H3,(H,41,50)(H,42,51)/t23-,29+,34+/m1/s1. The van der Waals surface area contributed by atoms with Crippen LogP contribution in [0.5, 0.6) is 0 Å². The van der Waals surface area contributed by atoms with Gasteiger partial charge in [0.05, 0.1) is 12.1 Å². The summed E-state index contributed by atoms with van der Waals surface area (Å²) in [6.45, 7) is 6.53. The maximum absolute atomic E-state index is 15.0. The number of aromatic nitrogens is 1. The Kier molecular flexibility index (Phi) is 12.6. The van der Waals surface area contributed by atoms with Gasteiger partial charge in [0, 0.05) is 61.3 Å². The van der Waals surface area contributed by atoms with Crippen LogP contribution >= 0.6 is 0 Å². The molecule has 0 unspecified atom stereocenters. The van der Waals surface area contributed by atoms with Crippen molar-refractivity contribution in [3.8, 4) is 11.1 Å². The summed E-state index contributed by atoms with van der Waals surface area (Å²) >= 11 is 0. The quantitative estimate of drug-likeness (QED) is 0.176. The summed E-state index contributed by atoms with van der Waals surface area (Å²) in [6.07, 6.45) is 3.93. The lowest BCUT2D eigenvalue weighted by atomic mass is 9.82. The van der Waals surface area contributed by atoms with Crippen molar-refractivity contribution in [2.75, 3.05) is 26.2 Å². The first-order chi connectivity index (χ1) is 24.1. The molecule has 0 bridgehead atoms. The van der Waals surface area contributed by atoms with E-state index < -0.39 is 71.3 Å². The molecule has 0 saturated heterocycles. The van der Waals surface area contributed by atoms with E-state index in [0.717, 1.165) is 40.8 Å². The summed E-state index contributed by atoms with van der Waals surface area (Å²) in [5, 5.41) is 15.2. The third kappa shape index (κ3) is 9.73. The molecule has 14 heteroatoms. The van der Waals surface area contributed by atoms with Crippen molar-refractivity contribution in [1.82, 2.24) is 25.0 Å². The number of hydrogen-bond donors (Lipinski definition) is 4. The number of nitrogens with zero attached hydrogens (tertiary/aromatic N) is 3. The Morgan fingerprint density at radius 1 is 0.980 bits per heavy atom. The molecule has 3 atom stereocenters. The fourth-order valence-corrected chi connectivity index (χ4v) is 5.99. The molecule has 1 aromatic heterocycles. The van der Waals surface area contributed by atoms with Gasteiger partial charge in [-0.3, -0.25) is 28.9 Å². The molecule has 5 amide bonds. The van der Waals surface area contributed by atoms with Crippen molar-refractivity contribution in [1.29, 1.82) is 0 Å². The van der Waals surface area contributed by atoms with Crippen molar-refractivity contribution in [2.24, 2.45) is 11.1 Å². The van der Waals surface area contributed by atoms with Gasteiger partial charge in [-0.05, 0) is 48.6 Å². The van der Waals surface area contributed by atoms with Crippen LogP contribution in [0.4, 0.5) is 8.78 Å². The van der Waals surface area contributed by atoms with Crippen molar-refractivity contribution in [2.45, 2.75) is 58.8 Å². The molecule has 272 valence electrons. The molecule has 2 aromatic carbocycles. The van der Waals surface area contributed by atoms with Gasteiger partial charge in [0.1, 0.15) is 24.3 Å². The molecule has 4 rings (SSSR count). The van der Waals surface area contributed by atoms with Crippen LogP contribution in [0.15, 0.2) is 72.9 Å². The molecule has 12 nitrogen and oxygen atoms in total. The zero-order chi connectivity index (χ0) is 37.5. The van der Waals surface area contributed by atoms with Gasteiger partial charge in [-0.1, -0.05) is 51.1 Å². The fourth-order valence-electron chi connectivity index (χ4n) is 5.99. The normalized spacial score (nSPS) is 14.7. The molecular weight excluding hydrogens is 662 g/mol. The molecular formula is C37H44F2N6O6. The summed E-state index contributed by atoms with van der Waals surface area (Å²) in [7, 11) is 0. The Morgan fingerprint density at radius 3 is 2.27 bits per heavy atom. The lowest BCUT2D eigenvalue weighted by Gasteiger charge is -2.41. The number of amides is 5. The fraction of sp³-hybridized carbons (Fsp3) is 0.378. The van der Waals surface area contributed by atoms with Crippen molar-refractivity contribution >= 4 is 29.5 Å². The predicted molar refractivity (Wildman–Crippen MR) is 185 cm³/mol. The molecule has 0 fully saturated rings. The lowest BCUT2D eigenvalue weighted by molar-refractivity contribution is -0.140. The summed E-state index contributed by atoms with van der Waals surface area (Å²) < 4.78 is 31.1. The molecule has 51 heavy (non-hydrogen) atoms. The highest BCUT2D eigenvalue weighted by Crippen LogP contribution is 2.41. The van der Waals surface area contributed by atoms with E-state index in [-0.39, 0.29) is 31.6 Å². The summed E-state index contributed by atoms with van der Waals surface area (Å²) in [4.78, 5) is 64.9. The van der Waals surface area contributed by atoms with Crippen LogP contribution in [0, 0.1) is 17.0 Å². The van der Waals surface area contributed by atoms with Crippen LogP contribution in [0.3, 0.4) is 0 Å². The number of rotatable bonds is 15.